The highest BCUT2D eigenvalue weighted by Gasteiger charge is 2.53. The van der Waals surface area contributed by atoms with Crippen LogP contribution >= 0.6 is 0 Å². The number of rotatable bonds is 5. The van der Waals surface area contributed by atoms with Crippen LogP contribution in [-0.4, -0.2) is 28.7 Å². The quantitative estimate of drug-likeness (QED) is 0.458. The Kier molecular flexibility index (Phi) is 5.99. The average Bonchev–Trinajstić information content (AvgIpc) is 3.23. The molecule has 2 N–H and O–H groups in total. The maximum Gasteiger partial charge on any atom is 0.323 e. The number of hydrogen-bond acceptors (Lipinski definition) is 3. The summed E-state index contributed by atoms with van der Waals surface area (Å²) < 4.78 is 59.5. The summed E-state index contributed by atoms with van der Waals surface area (Å²) >= 11 is 0. The van der Waals surface area contributed by atoms with Gasteiger partial charge in [0.2, 0.25) is 10.0 Å². The maximum absolute atomic E-state index is 15.6. The standard InChI is InChI=1S/C27H31F2N3O3S.2H2/c1-17-9-10-23(18-7-5-4-6-8-18)36(34,35)32(17)14-19-11-22(29)20(12-21(19)28)27(15-26(2,3)16-27)24-13-30-25(33)31-24;;/h4-8,11-13,17,23H,9-10,14-16H2,1-3H3,(H2,30,31,33);2*1H/t17-,23+;;/m0../s1. The minimum absolute atomic E-state index is 0. The Morgan fingerprint density at radius 3 is 2.39 bits per heavy atom. The number of aromatic nitrogens is 2. The smallest absolute Gasteiger partial charge is 0.313 e. The van der Waals surface area contributed by atoms with Gasteiger partial charge in [0.1, 0.15) is 16.9 Å². The summed E-state index contributed by atoms with van der Waals surface area (Å²) in [5.41, 5.74) is 0.0481. The van der Waals surface area contributed by atoms with E-state index in [9.17, 15) is 13.2 Å². The molecule has 2 aliphatic rings. The molecule has 2 fully saturated rings. The van der Waals surface area contributed by atoms with E-state index in [0.717, 1.165) is 6.07 Å². The van der Waals surface area contributed by atoms with Gasteiger partial charge in [0, 0.05) is 43.9 Å². The summed E-state index contributed by atoms with van der Waals surface area (Å²) in [6, 6.07) is 11.0. The minimum Gasteiger partial charge on any atom is -0.313 e. The number of nitrogens with zero attached hydrogens (tertiary/aromatic N) is 1. The van der Waals surface area contributed by atoms with E-state index in [1.807, 2.05) is 19.9 Å². The third-order valence-electron chi connectivity index (χ3n) is 7.85. The second-order valence-corrected chi connectivity index (χ2v) is 13.2. The number of H-pyrrole nitrogens is 2. The fraction of sp³-hybridized carbons (Fsp3) is 0.444. The molecule has 0 spiro atoms. The van der Waals surface area contributed by atoms with Crippen molar-refractivity contribution in [1.82, 2.24) is 14.3 Å². The Bertz CT molecular complexity index is 1450. The van der Waals surface area contributed by atoms with Gasteiger partial charge in [-0.15, -0.1) is 0 Å². The molecule has 1 saturated heterocycles. The van der Waals surface area contributed by atoms with Crippen LogP contribution < -0.4 is 5.69 Å². The molecule has 6 nitrogen and oxygen atoms in total. The van der Waals surface area contributed by atoms with E-state index >= 15 is 8.78 Å². The van der Waals surface area contributed by atoms with Gasteiger partial charge in [0.05, 0.1) is 0 Å². The first-order valence-corrected chi connectivity index (χ1v) is 13.8. The highest BCUT2D eigenvalue weighted by Crippen LogP contribution is 2.58. The van der Waals surface area contributed by atoms with Gasteiger partial charge in [-0.2, -0.15) is 4.31 Å². The molecule has 196 valence electrons. The van der Waals surface area contributed by atoms with Gasteiger partial charge < -0.3 is 9.97 Å². The monoisotopic (exact) mass is 519 g/mol. The molecule has 2 aromatic carbocycles. The number of nitrogens with one attached hydrogen (secondary N) is 2. The van der Waals surface area contributed by atoms with E-state index in [-0.39, 0.29) is 32.0 Å². The molecule has 1 aromatic heterocycles. The van der Waals surface area contributed by atoms with Crippen molar-refractivity contribution in [2.24, 2.45) is 5.41 Å². The van der Waals surface area contributed by atoms with Crippen LogP contribution in [0.2, 0.25) is 0 Å². The zero-order valence-corrected chi connectivity index (χ0v) is 21.5. The number of halogens is 2. The molecule has 5 rings (SSSR count). The molecule has 2 atom stereocenters. The molecule has 1 aliphatic heterocycles. The van der Waals surface area contributed by atoms with Crippen LogP contribution in [0.5, 0.6) is 0 Å². The molecular formula is C27H35F2N3O3S. The molecule has 0 unspecified atom stereocenters. The lowest BCUT2D eigenvalue weighted by Crippen LogP contribution is -2.48. The van der Waals surface area contributed by atoms with Crippen LogP contribution in [0, 0.1) is 17.0 Å². The third kappa shape index (κ3) is 4.12. The van der Waals surface area contributed by atoms with Gasteiger partial charge in [-0.1, -0.05) is 44.2 Å². The summed E-state index contributed by atoms with van der Waals surface area (Å²) in [5, 5.41) is -0.715. The van der Waals surface area contributed by atoms with E-state index in [4.69, 9.17) is 0 Å². The van der Waals surface area contributed by atoms with Gasteiger partial charge >= 0.3 is 5.69 Å². The van der Waals surface area contributed by atoms with Gasteiger partial charge in [-0.3, -0.25) is 0 Å². The van der Waals surface area contributed by atoms with Gasteiger partial charge in [-0.25, -0.2) is 22.0 Å². The topological polar surface area (TPSA) is 86.0 Å². The Morgan fingerprint density at radius 1 is 1.08 bits per heavy atom. The molecular weight excluding hydrogens is 484 g/mol. The van der Waals surface area contributed by atoms with Crippen molar-refractivity contribution in [2.75, 3.05) is 0 Å². The van der Waals surface area contributed by atoms with E-state index < -0.39 is 38.0 Å². The number of imidazole rings is 1. The lowest BCUT2D eigenvalue weighted by molar-refractivity contribution is 0.0820. The first kappa shape index (κ1) is 24.9. The van der Waals surface area contributed by atoms with Crippen LogP contribution in [0.25, 0.3) is 0 Å². The summed E-state index contributed by atoms with van der Waals surface area (Å²) in [6.07, 6.45) is 3.71. The van der Waals surface area contributed by atoms with Crippen molar-refractivity contribution in [1.29, 1.82) is 0 Å². The van der Waals surface area contributed by atoms with Crippen molar-refractivity contribution < 1.29 is 20.1 Å². The first-order valence-electron chi connectivity index (χ1n) is 12.3. The van der Waals surface area contributed by atoms with Gasteiger partial charge in [0.25, 0.3) is 0 Å². The largest absolute Gasteiger partial charge is 0.323 e. The fourth-order valence-electron chi connectivity index (χ4n) is 6.29. The predicted octanol–water partition coefficient (Wildman–Crippen LogP) is 5.63. The highest BCUT2D eigenvalue weighted by molar-refractivity contribution is 7.89. The normalized spacial score (nSPS) is 24.8. The van der Waals surface area contributed by atoms with E-state index in [1.165, 1.54) is 16.6 Å². The van der Waals surface area contributed by atoms with E-state index in [1.54, 1.807) is 31.2 Å². The summed E-state index contributed by atoms with van der Waals surface area (Å²) in [7, 11) is -3.78. The minimum atomic E-state index is -3.78. The van der Waals surface area contributed by atoms with Crippen LogP contribution in [-0.2, 0) is 22.0 Å². The first-order chi connectivity index (χ1) is 16.9. The average molecular weight is 520 g/mol. The van der Waals surface area contributed by atoms with Gasteiger partial charge in [0.15, 0.2) is 0 Å². The SMILES string of the molecule is C[C@H]1CC[C@H](c2ccccc2)S(=O)(=O)N1Cc1cc(F)c(C2(c3c[nH]c(=O)[nH]3)CC(C)(C)C2)cc1F.[HH].[HH]. The third-order valence-corrected chi connectivity index (χ3v) is 10.2. The lowest BCUT2D eigenvalue weighted by Gasteiger charge is -2.53. The zero-order chi connectivity index (χ0) is 25.9. The maximum atomic E-state index is 15.6. The second-order valence-electron chi connectivity index (χ2n) is 11.1. The molecule has 2 heterocycles. The molecule has 1 saturated carbocycles. The Hall–Kier alpha value is -2.78. The number of benzene rings is 2. The zero-order valence-electron chi connectivity index (χ0n) is 20.6. The Morgan fingerprint density at radius 2 is 1.78 bits per heavy atom. The number of sulfonamides is 1. The Balaban J connectivity index is 0.00000200. The van der Waals surface area contributed by atoms with Crippen molar-refractivity contribution in [3.05, 3.63) is 93.2 Å². The molecule has 9 heteroatoms. The van der Waals surface area contributed by atoms with E-state index in [0.29, 0.717) is 36.9 Å². The highest BCUT2D eigenvalue weighted by atomic mass is 32.2. The molecule has 1 aliphatic carbocycles. The number of aromatic amines is 2. The second kappa shape index (κ2) is 8.66. The molecule has 36 heavy (non-hydrogen) atoms. The summed E-state index contributed by atoms with van der Waals surface area (Å²) in [4.78, 5) is 17.1. The van der Waals surface area contributed by atoms with Crippen LogP contribution in [0.1, 0.15) is 76.9 Å². The molecule has 0 radical (unpaired) electrons. The summed E-state index contributed by atoms with van der Waals surface area (Å²) in [6.45, 7) is 5.65. The van der Waals surface area contributed by atoms with E-state index in [2.05, 4.69) is 9.97 Å². The van der Waals surface area contributed by atoms with Crippen LogP contribution in [0.4, 0.5) is 8.78 Å². The van der Waals surface area contributed by atoms with Crippen LogP contribution in [0.15, 0.2) is 53.5 Å². The van der Waals surface area contributed by atoms with Crippen molar-refractivity contribution in [2.45, 2.75) is 69.7 Å². The fourth-order valence-corrected chi connectivity index (χ4v) is 8.48. The van der Waals surface area contributed by atoms with Crippen LogP contribution in [0.3, 0.4) is 0 Å². The lowest BCUT2D eigenvalue weighted by atomic mass is 9.50. The predicted molar refractivity (Wildman–Crippen MR) is 138 cm³/mol. The summed E-state index contributed by atoms with van der Waals surface area (Å²) in [5.74, 6) is -1.26. The van der Waals surface area contributed by atoms with Crippen molar-refractivity contribution in [3.8, 4) is 0 Å². The Labute approximate surface area is 212 Å². The van der Waals surface area contributed by atoms with Gasteiger partial charge in [-0.05, 0) is 55.7 Å². The molecule has 0 amide bonds. The van der Waals surface area contributed by atoms with Crippen molar-refractivity contribution in [3.63, 3.8) is 0 Å². The molecule has 0 bridgehead atoms. The molecule has 3 aromatic rings. The van der Waals surface area contributed by atoms with Crippen molar-refractivity contribution >= 4 is 10.0 Å². The number of hydrogen-bond donors (Lipinski definition) is 2.